The largest absolute Gasteiger partial charge is 0.434 e. The first-order valence-electron chi connectivity index (χ1n) is 6.46. The molecule has 110 valence electrons. The summed E-state index contributed by atoms with van der Waals surface area (Å²) in [5.41, 5.74) is -0.718. The second kappa shape index (κ2) is 6.70. The molecule has 6 heteroatoms. The third-order valence-corrected chi connectivity index (χ3v) is 3.51. The average molecular weight is 294 g/mol. The molecule has 0 saturated heterocycles. The maximum Gasteiger partial charge on any atom is 0.434 e. The lowest BCUT2D eigenvalue weighted by Gasteiger charge is -2.08. The highest BCUT2D eigenvalue weighted by molar-refractivity contribution is 7.11. The van der Waals surface area contributed by atoms with Crippen LogP contribution in [0.4, 0.5) is 13.2 Å². The van der Waals surface area contributed by atoms with E-state index in [1.807, 2.05) is 27.7 Å². The predicted molar refractivity (Wildman–Crippen MR) is 72.2 cm³/mol. The molecule has 0 atom stereocenters. The molecule has 0 aliphatic rings. The van der Waals surface area contributed by atoms with Crippen molar-refractivity contribution >= 4 is 11.3 Å². The normalized spacial score (nSPS) is 12.7. The summed E-state index contributed by atoms with van der Waals surface area (Å²) in [5, 5.41) is 3.62. The quantitative estimate of drug-likeness (QED) is 0.854. The van der Waals surface area contributed by atoms with Gasteiger partial charge in [-0.15, -0.1) is 11.3 Å². The highest BCUT2D eigenvalue weighted by Crippen LogP contribution is 2.34. The van der Waals surface area contributed by atoms with Gasteiger partial charge in [0.25, 0.3) is 0 Å². The molecule has 1 aromatic rings. The summed E-state index contributed by atoms with van der Waals surface area (Å²) in [6.45, 7) is 8.94. The zero-order chi connectivity index (χ0) is 14.6. The van der Waals surface area contributed by atoms with Gasteiger partial charge in [0.2, 0.25) is 0 Å². The van der Waals surface area contributed by atoms with E-state index in [9.17, 15) is 13.2 Å². The van der Waals surface area contributed by atoms with Crippen LogP contribution in [0.15, 0.2) is 0 Å². The maximum atomic E-state index is 12.9. The third-order valence-electron chi connectivity index (χ3n) is 2.43. The molecule has 0 fully saturated rings. The maximum absolute atomic E-state index is 12.9. The van der Waals surface area contributed by atoms with Crippen LogP contribution in [0.5, 0.6) is 0 Å². The minimum Gasteiger partial charge on any atom is -0.312 e. The van der Waals surface area contributed by atoms with Gasteiger partial charge in [-0.3, -0.25) is 0 Å². The lowest BCUT2D eigenvalue weighted by atomic mass is 10.1. The molecule has 0 amide bonds. The lowest BCUT2D eigenvalue weighted by molar-refractivity contribution is -0.141. The van der Waals surface area contributed by atoms with Gasteiger partial charge < -0.3 is 5.32 Å². The zero-order valence-electron chi connectivity index (χ0n) is 11.8. The van der Waals surface area contributed by atoms with E-state index in [1.54, 1.807) is 0 Å². The Labute approximate surface area is 116 Å². The number of thiazole rings is 1. The summed E-state index contributed by atoms with van der Waals surface area (Å²) >= 11 is 1.17. The van der Waals surface area contributed by atoms with Gasteiger partial charge >= 0.3 is 6.18 Å². The fourth-order valence-corrected chi connectivity index (χ4v) is 2.92. The van der Waals surface area contributed by atoms with E-state index >= 15 is 0 Å². The van der Waals surface area contributed by atoms with E-state index in [-0.39, 0.29) is 6.54 Å². The molecule has 19 heavy (non-hydrogen) atoms. The van der Waals surface area contributed by atoms with Crippen molar-refractivity contribution in [3.8, 4) is 0 Å². The smallest absolute Gasteiger partial charge is 0.312 e. The van der Waals surface area contributed by atoms with Crippen molar-refractivity contribution in [3.63, 3.8) is 0 Å². The summed E-state index contributed by atoms with van der Waals surface area (Å²) in [6, 6.07) is 0. The van der Waals surface area contributed by atoms with Crippen molar-refractivity contribution in [3.05, 3.63) is 15.6 Å². The van der Waals surface area contributed by atoms with Gasteiger partial charge in [0.05, 0.1) is 9.88 Å². The second-order valence-corrected chi connectivity index (χ2v) is 6.67. The Morgan fingerprint density at radius 1 is 1.16 bits per heavy atom. The van der Waals surface area contributed by atoms with Gasteiger partial charge in [0.15, 0.2) is 5.69 Å². The number of hydrogen-bond acceptors (Lipinski definition) is 3. The Kier molecular flexibility index (Phi) is 5.80. The molecule has 0 saturated carbocycles. The molecule has 0 unspecified atom stereocenters. The van der Waals surface area contributed by atoms with Crippen molar-refractivity contribution in [2.75, 3.05) is 6.54 Å². The van der Waals surface area contributed by atoms with Crippen molar-refractivity contribution in [1.29, 1.82) is 0 Å². The average Bonchev–Trinajstić information content (AvgIpc) is 2.59. The lowest BCUT2D eigenvalue weighted by Crippen LogP contribution is -2.20. The van der Waals surface area contributed by atoms with E-state index in [0.29, 0.717) is 34.7 Å². The highest BCUT2D eigenvalue weighted by atomic mass is 32.1. The van der Waals surface area contributed by atoms with Gasteiger partial charge in [0.1, 0.15) is 0 Å². The SMILES string of the molecule is CC(C)CNCc1sc(CC(C)C)nc1C(F)(F)F. The van der Waals surface area contributed by atoms with Crippen LogP contribution in [0.2, 0.25) is 0 Å². The molecule has 0 bridgehead atoms. The summed E-state index contributed by atoms with van der Waals surface area (Å²) in [7, 11) is 0. The number of nitrogens with zero attached hydrogens (tertiary/aromatic N) is 1. The predicted octanol–water partition coefficient (Wildman–Crippen LogP) is 4.11. The molecule has 1 heterocycles. The molecular weight excluding hydrogens is 273 g/mol. The highest BCUT2D eigenvalue weighted by Gasteiger charge is 2.37. The summed E-state index contributed by atoms with van der Waals surface area (Å²) in [6.07, 6.45) is -3.77. The molecule has 0 aliphatic carbocycles. The Bertz CT molecular complexity index is 397. The molecule has 1 aromatic heterocycles. The first kappa shape index (κ1) is 16.4. The van der Waals surface area contributed by atoms with E-state index in [1.165, 1.54) is 11.3 Å². The number of nitrogens with one attached hydrogen (secondary N) is 1. The molecule has 0 spiro atoms. The molecule has 2 nitrogen and oxygen atoms in total. The Morgan fingerprint density at radius 3 is 2.26 bits per heavy atom. The summed E-state index contributed by atoms with van der Waals surface area (Å²) in [5.74, 6) is 0.723. The van der Waals surface area contributed by atoms with Crippen LogP contribution in [0.1, 0.15) is 43.3 Å². The zero-order valence-corrected chi connectivity index (χ0v) is 12.6. The van der Waals surface area contributed by atoms with Gasteiger partial charge in [-0.05, 0) is 18.4 Å². The number of aromatic nitrogens is 1. The minimum atomic E-state index is -4.36. The summed E-state index contributed by atoms with van der Waals surface area (Å²) in [4.78, 5) is 4.07. The number of hydrogen-bond donors (Lipinski definition) is 1. The fraction of sp³-hybridized carbons (Fsp3) is 0.769. The van der Waals surface area contributed by atoms with Gasteiger partial charge in [-0.1, -0.05) is 27.7 Å². The van der Waals surface area contributed by atoms with Crippen LogP contribution < -0.4 is 5.32 Å². The second-order valence-electron chi connectivity index (χ2n) is 5.50. The van der Waals surface area contributed by atoms with Crippen molar-refractivity contribution in [1.82, 2.24) is 10.3 Å². The van der Waals surface area contributed by atoms with Crippen LogP contribution in [0.3, 0.4) is 0 Å². The van der Waals surface area contributed by atoms with Gasteiger partial charge in [-0.2, -0.15) is 13.2 Å². The van der Waals surface area contributed by atoms with E-state index in [0.717, 1.165) is 0 Å². The Balaban J connectivity index is 2.84. The van der Waals surface area contributed by atoms with Crippen molar-refractivity contribution in [2.45, 2.75) is 46.8 Å². The van der Waals surface area contributed by atoms with Crippen LogP contribution in [-0.2, 0) is 19.1 Å². The third kappa shape index (κ3) is 5.48. The summed E-state index contributed by atoms with van der Waals surface area (Å²) < 4.78 is 38.7. The number of rotatable bonds is 6. The van der Waals surface area contributed by atoms with Gasteiger partial charge in [0, 0.05) is 13.0 Å². The van der Waals surface area contributed by atoms with E-state index in [2.05, 4.69) is 10.3 Å². The van der Waals surface area contributed by atoms with Crippen LogP contribution in [0.25, 0.3) is 0 Å². The topological polar surface area (TPSA) is 24.9 Å². The van der Waals surface area contributed by atoms with Crippen LogP contribution in [0, 0.1) is 11.8 Å². The van der Waals surface area contributed by atoms with Crippen molar-refractivity contribution in [2.24, 2.45) is 11.8 Å². The number of alkyl halides is 3. The van der Waals surface area contributed by atoms with Crippen LogP contribution >= 0.6 is 11.3 Å². The Morgan fingerprint density at radius 2 is 1.79 bits per heavy atom. The standard InChI is InChI=1S/C13H21F3N2S/c1-8(2)5-11-18-12(13(14,15)16)10(19-11)7-17-6-9(3)4/h8-9,17H,5-7H2,1-4H3. The van der Waals surface area contributed by atoms with E-state index in [4.69, 9.17) is 0 Å². The first-order valence-corrected chi connectivity index (χ1v) is 7.28. The van der Waals surface area contributed by atoms with Crippen molar-refractivity contribution < 1.29 is 13.2 Å². The van der Waals surface area contributed by atoms with Gasteiger partial charge in [-0.25, -0.2) is 4.98 Å². The minimum absolute atomic E-state index is 0.239. The number of halogens is 3. The first-order chi connectivity index (χ1) is 8.70. The fourth-order valence-electron chi connectivity index (χ4n) is 1.65. The molecule has 0 aliphatic heterocycles. The van der Waals surface area contributed by atoms with Crippen LogP contribution in [-0.4, -0.2) is 11.5 Å². The monoisotopic (exact) mass is 294 g/mol. The van der Waals surface area contributed by atoms with E-state index < -0.39 is 11.9 Å². The molecule has 1 rings (SSSR count). The molecule has 0 radical (unpaired) electrons. The molecular formula is C13H21F3N2S. The molecule has 0 aromatic carbocycles. The molecule has 1 N–H and O–H groups in total. The Hall–Kier alpha value is -0.620.